The highest BCUT2D eigenvalue weighted by Crippen LogP contribution is 2.16. The van der Waals surface area contributed by atoms with Crippen LogP contribution in [0.3, 0.4) is 0 Å². The second kappa shape index (κ2) is 9.07. The lowest BCUT2D eigenvalue weighted by atomic mass is 10.2. The molecular formula is C18H19N3O4. The van der Waals surface area contributed by atoms with E-state index in [2.05, 4.69) is 15.8 Å². The van der Waals surface area contributed by atoms with E-state index in [-0.39, 0.29) is 0 Å². The molecule has 0 unspecified atom stereocenters. The van der Waals surface area contributed by atoms with E-state index < -0.39 is 11.8 Å². The standard InChI is InChI=1S/C18H19N3O4/c1-3-25-15-9-7-13(8-10-15)12-19-21-18(23)17(22)20-14-5-4-6-16(11-14)24-2/h4-12H,3H2,1-2H3,(H,20,22)(H,21,23). The molecule has 0 aliphatic heterocycles. The van der Waals surface area contributed by atoms with Crippen LogP contribution in [0.5, 0.6) is 11.5 Å². The summed E-state index contributed by atoms with van der Waals surface area (Å²) in [5.41, 5.74) is 3.39. The third kappa shape index (κ3) is 5.65. The highest BCUT2D eigenvalue weighted by molar-refractivity contribution is 6.39. The molecule has 2 N–H and O–H groups in total. The lowest BCUT2D eigenvalue weighted by molar-refractivity contribution is -0.136. The quantitative estimate of drug-likeness (QED) is 0.479. The SMILES string of the molecule is CCOc1ccc(C=NNC(=O)C(=O)Nc2cccc(OC)c2)cc1. The van der Waals surface area contributed by atoms with E-state index in [1.54, 1.807) is 48.5 Å². The van der Waals surface area contributed by atoms with E-state index in [1.807, 2.05) is 6.92 Å². The molecule has 7 heteroatoms. The van der Waals surface area contributed by atoms with Crippen LogP contribution in [0.15, 0.2) is 53.6 Å². The molecule has 0 heterocycles. The van der Waals surface area contributed by atoms with Gasteiger partial charge in [0.1, 0.15) is 11.5 Å². The van der Waals surface area contributed by atoms with Gasteiger partial charge in [0, 0.05) is 11.8 Å². The van der Waals surface area contributed by atoms with Gasteiger partial charge >= 0.3 is 11.8 Å². The Morgan fingerprint density at radius 3 is 2.52 bits per heavy atom. The molecule has 0 bridgehead atoms. The number of nitrogens with one attached hydrogen (secondary N) is 2. The van der Waals surface area contributed by atoms with Crippen LogP contribution < -0.4 is 20.2 Å². The minimum absolute atomic E-state index is 0.454. The van der Waals surface area contributed by atoms with E-state index in [1.165, 1.54) is 13.3 Å². The molecule has 0 spiro atoms. The Balaban J connectivity index is 1.87. The van der Waals surface area contributed by atoms with Gasteiger partial charge in [-0.15, -0.1) is 0 Å². The van der Waals surface area contributed by atoms with Gasteiger partial charge in [0.05, 0.1) is 19.9 Å². The number of carbonyl (C=O) groups is 2. The number of anilines is 1. The van der Waals surface area contributed by atoms with Crippen LogP contribution in [-0.2, 0) is 9.59 Å². The molecule has 2 rings (SSSR count). The van der Waals surface area contributed by atoms with E-state index in [4.69, 9.17) is 9.47 Å². The summed E-state index contributed by atoms with van der Waals surface area (Å²) in [7, 11) is 1.52. The maximum Gasteiger partial charge on any atom is 0.329 e. The number of ether oxygens (including phenoxy) is 2. The van der Waals surface area contributed by atoms with Crippen molar-refractivity contribution in [2.45, 2.75) is 6.92 Å². The van der Waals surface area contributed by atoms with Crippen LogP contribution in [0.1, 0.15) is 12.5 Å². The van der Waals surface area contributed by atoms with E-state index >= 15 is 0 Å². The molecule has 0 aliphatic rings. The molecule has 130 valence electrons. The normalized spacial score (nSPS) is 10.3. The minimum Gasteiger partial charge on any atom is -0.497 e. The first-order valence-corrected chi connectivity index (χ1v) is 7.63. The molecule has 0 aromatic heterocycles. The lowest BCUT2D eigenvalue weighted by Crippen LogP contribution is -2.32. The average molecular weight is 341 g/mol. The summed E-state index contributed by atoms with van der Waals surface area (Å²) >= 11 is 0. The summed E-state index contributed by atoms with van der Waals surface area (Å²) < 4.78 is 10.4. The summed E-state index contributed by atoms with van der Waals surface area (Å²) in [4.78, 5) is 23.6. The largest absolute Gasteiger partial charge is 0.497 e. The predicted molar refractivity (Wildman–Crippen MR) is 95.0 cm³/mol. The molecule has 2 aromatic carbocycles. The van der Waals surface area contributed by atoms with Crippen LogP contribution in [0.25, 0.3) is 0 Å². The summed E-state index contributed by atoms with van der Waals surface area (Å²) in [5, 5.41) is 6.23. The highest BCUT2D eigenvalue weighted by Gasteiger charge is 2.13. The van der Waals surface area contributed by atoms with Crippen molar-refractivity contribution in [2.75, 3.05) is 19.0 Å². The topological polar surface area (TPSA) is 89.0 Å². The van der Waals surface area contributed by atoms with Gasteiger partial charge in [0.15, 0.2) is 0 Å². The molecule has 0 aliphatic carbocycles. The fraction of sp³-hybridized carbons (Fsp3) is 0.167. The Morgan fingerprint density at radius 1 is 1.08 bits per heavy atom. The number of benzene rings is 2. The van der Waals surface area contributed by atoms with Crippen LogP contribution in [0.2, 0.25) is 0 Å². The smallest absolute Gasteiger partial charge is 0.329 e. The second-order valence-electron chi connectivity index (χ2n) is 4.89. The van der Waals surface area contributed by atoms with Gasteiger partial charge in [-0.2, -0.15) is 5.10 Å². The summed E-state index contributed by atoms with van der Waals surface area (Å²) in [6.45, 7) is 2.49. The first-order valence-electron chi connectivity index (χ1n) is 7.63. The Bertz CT molecular complexity index is 757. The zero-order valence-electron chi connectivity index (χ0n) is 14.0. The number of hydrogen-bond donors (Lipinski definition) is 2. The first-order chi connectivity index (χ1) is 12.1. The van der Waals surface area contributed by atoms with Gasteiger partial charge in [-0.05, 0) is 48.9 Å². The number of nitrogens with zero attached hydrogens (tertiary/aromatic N) is 1. The number of methoxy groups -OCH3 is 1. The lowest BCUT2D eigenvalue weighted by Gasteiger charge is -2.05. The van der Waals surface area contributed by atoms with Gasteiger partial charge in [-0.3, -0.25) is 9.59 Å². The molecule has 0 saturated heterocycles. The monoisotopic (exact) mass is 341 g/mol. The van der Waals surface area contributed by atoms with Gasteiger partial charge < -0.3 is 14.8 Å². The fourth-order valence-corrected chi connectivity index (χ4v) is 1.92. The number of hydrazone groups is 1. The van der Waals surface area contributed by atoms with Gasteiger partial charge in [0.25, 0.3) is 0 Å². The second-order valence-corrected chi connectivity index (χ2v) is 4.89. The zero-order valence-corrected chi connectivity index (χ0v) is 14.0. The van der Waals surface area contributed by atoms with Crippen molar-refractivity contribution in [1.82, 2.24) is 5.43 Å². The van der Waals surface area contributed by atoms with Crippen LogP contribution in [-0.4, -0.2) is 31.7 Å². The van der Waals surface area contributed by atoms with Gasteiger partial charge in [0.2, 0.25) is 0 Å². The minimum atomic E-state index is -0.870. The third-order valence-corrected chi connectivity index (χ3v) is 3.10. The molecule has 0 fully saturated rings. The molecule has 2 aromatic rings. The fourth-order valence-electron chi connectivity index (χ4n) is 1.92. The Labute approximate surface area is 145 Å². The molecule has 2 amide bonds. The van der Waals surface area contributed by atoms with E-state index in [0.29, 0.717) is 18.0 Å². The molecule has 7 nitrogen and oxygen atoms in total. The summed E-state index contributed by atoms with van der Waals surface area (Å²) in [6.07, 6.45) is 1.44. The number of hydrogen-bond acceptors (Lipinski definition) is 5. The Hall–Kier alpha value is -3.35. The summed E-state index contributed by atoms with van der Waals surface area (Å²) in [6, 6.07) is 13.9. The number of rotatable bonds is 6. The summed E-state index contributed by atoms with van der Waals surface area (Å²) in [5.74, 6) is -0.366. The van der Waals surface area contributed by atoms with Crippen molar-refractivity contribution in [1.29, 1.82) is 0 Å². The van der Waals surface area contributed by atoms with Crippen LogP contribution >= 0.6 is 0 Å². The van der Waals surface area contributed by atoms with E-state index in [9.17, 15) is 9.59 Å². The molecule has 0 saturated carbocycles. The maximum absolute atomic E-state index is 11.8. The number of amides is 2. The maximum atomic E-state index is 11.8. The van der Waals surface area contributed by atoms with Crippen molar-refractivity contribution < 1.29 is 19.1 Å². The molecule has 25 heavy (non-hydrogen) atoms. The molecule has 0 atom stereocenters. The Morgan fingerprint density at radius 2 is 1.84 bits per heavy atom. The van der Waals surface area contributed by atoms with Crippen molar-refractivity contribution in [3.8, 4) is 11.5 Å². The van der Waals surface area contributed by atoms with Crippen molar-refractivity contribution in [2.24, 2.45) is 5.10 Å². The van der Waals surface area contributed by atoms with Crippen molar-refractivity contribution in [3.63, 3.8) is 0 Å². The Kier molecular flexibility index (Phi) is 6.53. The van der Waals surface area contributed by atoms with Crippen molar-refractivity contribution in [3.05, 3.63) is 54.1 Å². The van der Waals surface area contributed by atoms with Gasteiger partial charge in [-0.25, -0.2) is 5.43 Å². The number of carbonyl (C=O) groups excluding carboxylic acids is 2. The van der Waals surface area contributed by atoms with Gasteiger partial charge in [-0.1, -0.05) is 6.07 Å². The molecule has 0 radical (unpaired) electrons. The van der Waals surface area contributed by atoms with Crippen LogP contribution in [0.4, 0.5) is 5.69 Å². The zero-order chi connectivity index (χ0) is 18.1. The predicted octanol–water partition coefficient (Wildman–Crippen LogP) is 2.18. The van der Waals surface area contributed by atoms with E-state index in [0.717, 1.165) is 11.3 Å². The molecular weight excluding hydrogens is 322 g/mol. The highest BCUT2D eigenvalue weighted by atomic mass is 16.5. The average Bonchev–Trinajstić information content (AvgIpc) is 2.63. The third-order valence-electron chi connectivity index (χ3n) is 3.10. The van der Waals surface area contributed by atoms with Crippen LogP contribution in [0, 0.1) is 0 Å². The van der Waals surface area contributed by atoms with Crippen molar-refractivity contribution >= 4 is 23.7 Å². The first kappa shape index (κ1) is 18.0.